The molecule has 0 heterocycles. The molecule has 0 aliphatic rings. The monoisotopic (exact) mass is 428 g/mol. The highest BCUT2D eigenvalue weighted by atomic mass is 16.3. The van der Waals surface area contributed by atoms with Crippen LogP contribution in [0.5, 0.6) is 11.5 Å². The third-order valence-corrected chi connectivity index (χ3v) is 6.78. The molecule has 0 spiro atoms. The van der Waals surface area contributed by atoms with Gasteiger partial charge in [-0.05, 0) is 51.4 Å². The lowest BCUT2D eigenvalue weighted by molar-refractivity contribution is 0.389. The van der Waals surface area contributed by atoms with Crippen molar-refractivity contribution in [3.63, 3.8) is 0 Å². The molecule has 2 atom stereocenters. The summed E-state index contributed by atoms with van der Waals surface area (Å²) in [5.74, 6) is 2.89. The van der Waals surface area contributed by atoms with Crippen LogP contribution in [-0.4, -0.2) is 10.2 Å². The van der Waals surface area contributed by atoms with Crippen molar-refractivity contribution in [3.05, 3.63) is 33.2 Å². The number of hydrogen-bond donors (Lipinski definition) is 2. The molecule has 2 N–H and O–H groups in total. The molecule has 0 aliphatic heterocycles. The van der Waals surface area contributed by atoms with Crippen LogP contribution in [0.15, 0.2) is 11.6 Å². The zero-order valence-corrected chi connectivity index (χ0v) is 21.4. The van der Waals surface area contributed by atoms with Crippen molar-refractivity contribution in [2.75, 3.05) is 0 Å². The highest BCUT2D eigenvalue weighted by molar-refractivity contribution is 5.54. The van der Waals surface area contributed by atoms with Gasteiger partial charge in [-0.15, -0.1) is 0 Å². The maximum atomic E-state index is 10.4. The van der Waals surface area contributed by atoms with E-state index in [1.54, 1.807) is 6.92 Å². The van der Waals surface area contributed by atoms with E-state index in [-0.39, 0.29) is 11.5 Å². The van der Waals surface area contributed by atoms with Gasteiger partial charge in [0, 0.05) is 21.6 Å². The summed E-state index contributed by atoms with van der Waals surface area (Å²) in [5.41, 5.74) is 2.63. The Hall–Kier alpha value is -1.70. The summed E-state index contributed by atoms with van der Waals surface area (Å²) in [5, 5.41) is 21.8. The molecule has 2 unspecified atom stereocenters. The normalized spacial score (nSPS) is 15.0. The summed E-state index contributed by atoms with van der Waals surface area (Å²) in [6.45, 7) is 19.1. The first-order chi connectivity index (χ1) is 14.5. The van der Waals surface area contributed by atoms with Gasteiger partial charge < -0.3 is 10.2 Å². The minimum Gasteiger partial charge on any atom is -0.507 e. The molecule has 0 saturated heterocycles. The van der Waals surface area contributed by atoms with Crippen LogP contribution in [0.2, 0.25) is 0 Å². The standard InChI is InChI=1S/C29H48O2/c1-20(2)12-9-13-21(3)14-10-15-22(4)16-11-17-23(5)18-19-27-26(8)28(30)24(6)25(7)29(27)31/h18-22,30-31H,6,9-17H2,1-5,7-8H3/b23-18?,27-19-. The fourth-order valence-corrected chi connectivity index (χ4v) is 4.27. The summed E-state index contributed by atoms with van der Waals surface area (Å²) in [6.07, 6.45) is 15.8. The zero-order chi connectivity index (χ0) is 23.6. The van der Waals surface area contributed by atoms with Crippen molar-refractivity contribution in [2.24, 2.45) is 17.8 Å². The molecule has 0 amide bonds. The topological polar surface area (TPSA) is 40.5 Å². The van der Waals surface area contributed by atoms with Crippen LogP contribution in [0, 0.1) is 31.6 Å². The molecule has 0 aliphatic carbocycles. The van der Waals surface area contributed by atoms with E-state index >= 15 is 0 Å². The van der Waals surface area contributed by atoms with Crippen molar-refractivity contribution in [3.8, 4) is 11.5 Å². The maximum absolute atomic E-state index is 10.4. The largest absolute Gasteiger partial charge is 0.507 e. The van der Waals surface area contributed by atoms with Crippen molar-refractivity contribution >= 4 is 12.7 Å². The second-order valence-corrected chi connectivity index (χ2v) is 10.4. The molecule has 0 radical (unpaired) electrons. The first-order valence-electron chi connectivity index (χ1n) is 12.4. The van der Waals surface area contributed by atoms with E-state index in [0.717, 1.165) is 24.2 Å². The highest BCUT2D eigenvalue weighted by Crippen LogP contribution is 2.22. The van der Waals surface area contributed by atoms with Crippen LogP contribution < -0.4 is 10.4 Å². The van der Waals surface area contributed by atoms with E-state index in [1.807, 2.05) is 13.0 Å². The zero-order valence-electron chi connectivity index (χ0n) is 21.4. The van der Waals surface area contributed by atoms with Gasteiger partial charge in [0.25, 0.3) is 0 Å². The number of aromatic hydroxyl groups is 2. The SMILES string of the molecule is C=c1c(C)c(O)/c(=C\C=C(C)CCCC(C)CCCC(C)CCCC(C)C)c(C)c1O. The van der Waals surface area contributed by atoms with Gasteiger partial charge in [-0.25, -0.2) is 0 Å². The van der Waals surface area contributed by atoms with Crippen LogP contribution in [0.25, 0.3) is 12.7 Å². The average Bonchev–Trinajstić information content (AvgIpc) is 2.70. The van der Waals surface area contributed by atoms with E-state index in [2.05, 4.69) is 47.3 Å². The number of phenolic OH excluding ortho intramolecular Hbond substituents is 2. The van der Waals surface area contributed by atoms with Crippen molar-refractivity contribution in [1.29, 1.82) is 0 Å². The number of benzene rings is 1. The van der Waals surface area contributed by atoms with Gasteiger partial charge in [0.15, 0.2) is 0 Å². The Labute approximate surface area is 191 Å². The second kappa shape index (κ2) is 13.7. The molecule has 2 nitrogen and oxygen atoms in total. The summed E-state index contributed by atoms with van der Waals surface area (Å²) in [6, 6.07) is 0. The lowest BCUT2D eigenvalue weighted by atomic mass is 9.91. The van der Waals surface area contributed by atoms with Crippen molar-refractivity contribution in [1.82, 2.24) is 0 Å². The van der Waals surface area contributed by atoms with E-state index < -0.39 is 0 Å². The minimum absolute atomic E-state index is 0.177. The molecule has 31 heavy (non-hydrogen) atoms. The van der Waals surface area contributed by atoms with Gasteiger partial charge in [0.2, 0.25) is 0 Å². The summed E-state index contributed by atoms with van der Waals surface area (Å²) in [7, 11) is 0. The van der Waals surface area contributed by atoms with Crippen LogP contribution in [0.1, 0.15) is 104 Å². The maximum Gasteiger partial charge on any atom is 0.126 e. The lowest BCUT2D eigenvalue weighted by Crippen LogP contribution is -2.17. The van der Waals surface area contributed by atoms with Gasteiger partial charge >= 0.3 is 0 Å². The first-order valence-corrected chi connectivity index (χ1v) is 12.4. The quantitative estimate of drug-likeness (QED) is 0.324. The molecule has 1 aromatic carbocycles. The molecule has 0 aromatic heterocycles. The van der Waals surface area contributed by atoms with Crippen molar-refractivity contribution in [2.45, 2.75) is 106 Å². The van der Waals surface area contributed by atoms with Crippen LogP contribution in [0.3, 0.4) is 0 Å². The third kappa shape index (κ3) is 9.54. The Bertz CT molecular complexity index is 781. The van der Waals surface area contributed by atoms with E-state index in [0.29, 0.717) is 21.6 Å². The number of phenols is 2. The first kappa shape index (κ1) is 27.3. The van der Waals surface area contributed by atoms with Crippen LogP contribution >= 0.6 is 0 Å². The van der Waals surface area contributed by atoms with Crippen LogP contribution in [-0.2, 0) is 0 Å². The lowest BCUT2D eigenvalue weighted by Gasteiger charge is -2.15. The molecular formula is C29H48O2. The third-order valence-electron chi connectivity index (χ3n) is 6.78. The van der Waals surface area contributed by atoms with Gasteiger partial charge in [0.1, 0.15) is 11.5 Å². The van der Waals surface area contributed by atoms with Gasteiger partial charge in [0.05, 0.1) is 0 Å². The molecular weight excluding hydrogens is 380 g/mol. The summed E-state index contributed by atoms with van der Waals surface area (Å²) < 4.78 is 0. The molecule has 2 heteroatoms. The van der Waals surface area contributed by atoms with Gasteiger partial charge in [-0.3, -0.25) is 0 Å². The van der Waals surface area contributed by atoms with E-state index in [9.17, 15) is 10.2 Å². The summed E-state index contributed by atoms with van der Waals surface area (Å²) in [4.78, 5) is 0. The number of allylic oxidation sites excluding steroid dienone is 2. The predicted octanol–water partition coefficient (Wildman–Crippen LogP) is 7.29. The predicted molar refractivity (Wildman–Crippen MR) is 137 cm³/mol. The highest BCUT2D eigenvalue weighted by Gasteiger charge is 2.09. The molecule has 1 aromatic rings. The molecule has 0 bridgehead atoms. The van der Waals surface area contributed by atoms with Gasteiger partial charge in [-0.2, -0.15) is 0 Å². The number of hydrogen-bond acceptors (Lipinski definition) is 2. The molecule has 0 fully saturated rings. The van der Waals surface area contributed by atoms with E-state index in [4.69, 9.17) is 0 Å². The smallest absolute Gasteiger partial charge is 0.126 e. The number of rotatable bonds is 13. The fraction of sp³-hybridized carbons (Fsp3) is 0.655. The fourth-order valence-electron chi connectivity index (χ4n) is 4.27. The Morgan fingerprint density at radius 3 is 1.87 bits per heavy atom. The summed E-state index contributed by atoms with van der Waals surface area (Å²) >= 11 is 0. The van der Waals surface area contributed by atoms with Gasteiger partial charge in [-0.1, -0.05) is 96.9 Å². The Morgan fingerprint density at radius 2 is 1.32 bits per heavy atom. The second-order valence-electron chi connectivity index (χ2n) is 10.4. The molecule has 0 saturated carbocycles. The van der Waals surface area contributed by atoms with E-state index in [1.165, 1.54) is 56.9 Å². The Kier molecular flexibility index (Phi) is 12.0. The molecule has 1 rings (SSSR count). The Morgan fingerprint density at radius 1 is 0.806 bits per heavy atom. The Balaban J connectivity index is 2.44. The van der Waals surface area contributed by atoms with Crippen molar-refractivity contribution < 1.29 is 10.2 Å². The molecule has 176 valence electrons. The minimum atomic E-state index is 0.177. The van der Waals surface area contributed by atoms with Crippen LogP contribution in [0.4, 0.5) is 0 Å². The average molecular weight is 429 g/mol.